The van der Waals surface area contributed by atoms with Gasteiger partial charge < -0.3 is 18.9 Å². The molecule has 11 heteroatoms. The normalized spacial score (nSPS) is 24.8. The second-order valence-corrected chi connectivity index (χ2v) is 8.16. The fraction of sp³-hybridized carbons (Fsp3) is 0.455. The zero-order chi connectivity index (χ0) is 24.0. The van der Waals surface area contributed by atoms with E-state index >= 15 is 0 Å². The zero-order valence-corrected chi connectivity index (χ0v) is 17.3. The summed E-state index contributed by atoms with van der Waals surface area (Å²) in [5.74, 6) is -12.1. The van der Waals surface area contributed by atoms with Crippen LogP contribution in [0.4, 0.5) is 30.7 Å². The van der Waals surface area contributed by atoms with Crippen molar-refractivity contribution in [2.45, 2.75) is 38.3 Å². The summed E-state index contributed by atoms with van der Waals surface area (Å²) < 4.78 is 119. The Kier molecular flexibility index (Phi) is 6.08. The van der Waals surface area contributed by atoms with Gasteiger partial charge in [-0.15, -0.1) is 0 Å². The van der Waals surface area contributed by atoms with Gasteiger partial charge in [-0.3, -0.25) is 0 Å². The van der Waals surface area contributed by atoms with E-state index < -0.39 is 57.9 Å². The van der Waals surface area contributed by atoms with E-state index in [0.717, 1.165) is 19.3 Å². The summed E-state index contributed by atoms with van der Waals surface area (Å²) in [4.78, 5) is 0. The molecule has 0 aliphatic carbocycles. The van der Waals surface area contributed by atoms with Gasteiger partial charge in [-0.2, -0.15) is 8.78 Å². The summed E-state index contributed by atoms with van der Waals surface area (Å²) in [6.07, 6.45) is -2.09. The average molecular weight is 480 g/mol. The molecule has 33 heavy (non-hydrogen) atoms. The van der Waals surface area contributed by atoms with Crippen molar-refractivity contribution in [3.63, 3.8) is 0 Å². The highest BCUT2D eigenvalue weighted by Crippen LogP contribution is 2.47. The number of benzene rings is 2. The van der Waals surface area contributed by atoms with Crippen LogP contribution < -0.4 is 4.74 Å². The topological polar surface area (TPSA) is 36.9 Å². The highest BCUT2D eigenvalue weighted by Gasteiger charge is 2.54. The molecule has 0 saturated carbocycles. The van der Waals surface area contributed by atoms with Crippen LogP contribution in [-0.4, -0.2) is 19.8 Å². The Morgan fingerprint density at radius 2 is 1.36 bits per heavy atom. The molecule has 3 aliphatic rings. The van der Waals surface area contributed by atoms with Crippen LogP contribution in [0.25, 0.3) is 0 Å². The largest absolute Gasteiger partial charge is 0.432 e. The number of fused-ring (bicyclic) bond motifs is 3. The van der Waals surface area contributed by atoms with Gasteiger partial charge >= 0.3 is 12.1 Å². The smallest absolute Gasteiger partial charge is 0.429 e. The van der Waals surface area contributed by atoms with Crippen molar-refractivity contribution in [1.29, 1.82) is 0 Å². The van der Waals surface area contributed by atoms with Gasteiger partial charge in [0.2, 0.25) is 0 Å². The van der Waals surface area contributed by atoms with Gasteiger partial charge in [0.05, 0.1) is 19.8 Å². The zero-order valence-electron chi connectivity index (χ0n) is 17.3. The summed E-state index contributed by atoms with van der Waals surface area (Å²) in [5.41, 5.74) is -2.54. The van der Waals surface area contributed by atoms with Crippen molar-refractivity contribution >= 4 is 0 Å². The summed E-state index contributed by atoms with van der Waals surface area (Å²) in [6, 6.07) is 1.34. The third kappa shape index (κ3) is 4.29. The monoisotopic (exact) mass is 480 g/mol. The lowest BCUT2D eigenvalue weighted by Gasteiger charge is -2.52. The fourth-order valence-electron chi connectivity index (χ4n) is 3.83. The van der Waals surface area contributed by atoms with E-state index in [4.69, 9.17) is 14.2 Å². The number of ether oxygens (including phenoxy) is 4. The lowest BCUT2D eigenvalue weighted by atomic mass is 9.83. The molecule has 0 unspecified atom stereocenters. The number of hydrogen-bond acceptors (Lipinski definition) is 4. The van der Waals surface area contributed by atoms with E-state index in [-0.39, 0.29) is 37.5 Å². The fourth-order valence-corrected chi connectivity index (χ4v) is 3.83. The third-order valence-corrected chi connectivity index (χ3v) is 5.66. The summed E-state index contributed by atoms with van der Waals surface area (Å²) >= 11 is 0. The minimum absolute atomic E-state index is 0.125. The Morgan fingerprint density at radius 1 is 0.848 bits per heavy atom. The minimum Gasteiger partial charge on any atom is -0.429 e. The molecule has 0 atom stereocenters. The van der Waals surface area contributed by atoms with Gasteiger partial charge in [-0.25, -0.2) is 22.0 Å². The molecule has 0 N–H and O–H groups in total. The number of alkyl halides is 2. The SMILES string of the molecule is CCCCC12COC(c3cc(F)c(C(F)(F)Oc4cc(F)c(F)c(F)c4)c(F)c3)(OC1)OC2. The number of unbranched alkanes of at least 4 members (excludes halogenated alkanes) is 1. The lowest BCUT2D eigenvalue weighted by Crippen LogP contribution is -2.58. The highest BCUT2D eigenvalue weighted by atomic mass is 19.3. The molecular weight excluding hydrogens is 461 g/mol. The Morgan fingerprint density at radius 3 is 1.85 bits per heavy atom. The Bertz CT molecular complexity index is 988. The van der Waals surface area contributed by atoms with Crippen molar-refractivity contribution in [2.24, 2.45) is 5.41 Å². The van der Waals surface area contributed by atoms with Crippen molar-refractivity contribution < 1.29 is 49.7 Å². The van der Waals surface area contributed by atoms with Gasteiger partial charge in [-0.1, -0.05) is 19.8 Å². The van der Waals surface area contributed by atoms with E-state index in [1.165, 1.54) is 0 Å². The van der Waals surface area contributed by atoms with Crippen molar-refractivity contribution in [2.75, 3.05) is 19.8 Å². The van der Waals surface area contributed by atoms with E-state index in [9.17, 15) is 30.7 Å². The van der Waals surface area contributed by atoms with Crippen molar-refractivity contribution in [1.82, 2.24) is 0 Å². The molecule has 4 nitrogen and oxygen atoms in total. The molecule has 0 amide bonds. The first-order valence-corrected chi connectivity index (χ1v) is 10.1. The van der Waals surface area contributed by atoms with Crippen LogP contribution in [0.5, 0.6) is 5.75 Å². The Hall–Kier alpha value is -2.37. The van der Waals surface area contributed by atoms with Crippen molar-refractivity contribution in [3.05, 3.63) is 64.5 Å². The van der Waals surface area contributed by atoms with Crippen LogP contribution in [0.3, 0.4) is 0 Å². The predicted octanol–water partition coefficient (Wildman–Crippen LogP) is 5.87. The molecule has 0 radical (unpaired) electrons. The van der Waals surface area contributed by atoms with Crippen LogP contribution >= 0.6 is 0 Å². The lowest BCUT2D eigenvalue weighted by molar-refractivity contribution is -0.480. The first-order valence-electron chi connectivity index (χ1n) is 10.1. The molecule has 2 aromatic rings. The van der Waals surface area contributed by atoms with Gasteiger partial charge in [0.1, 0.15) is 22.9 Å². The first kappa shape index (κ1) is 23.8. The molecule has 2 aromatic carbocycles. The summed E-state index contributed by atoms with van der Waals surface area (Å²) in [5, 5.41) is 0. The van der Waals surface area contributed by atoms with E-state index in [2.05, 4.69) is 4.74 Å². The van der Waals surface area contributed by atoms with Gasteiger partial charge in [-0.05, 0) is 18.6 Å². The molecule has 3 saturated heterocycles. The first-order chi connectivity index (χ1) is 15.5. The third-order valence-electron chi connectivity index (χ3n) is 5.66. The molecule has 3 heterocycles. The highest BCUT2D eigenvalue weighted by molar-refractivity contribution is 5.33. The average Bonchev–Trinajstić information content (AvgIpc) is 2.76. The maximum absolute atomic E-state index is 14.7. The number of halogens is 7. The maximum atomic E-state index is 14.7. The van der Waals surface area contributed by atoms with Crippen LogP contribution in [0.1, 0.15) is 37.3 Å². The second-order valence-electron chi connectivity index (χ2n) is 8.16. The summed E-state index contributed by atoms with van der Waals surface area (Å²) in [6.45, 7) is 2.60. The maximum Gasteiger partial charge on any atom is 0.432 e. The Labute approximate surface area is 184 Å². The molecule has 2 bridgehead atoms. The quantitative estimate of drug-likeness (QED) is 0.367. The summed E-state index contributed by atoms with van der Waals surface area (Å²) in [7, 11) is 0. The second kappa shape index (κ2) is 8.44. The molecule has 0 spiro atoms. The van der Waals surface area contributed by atoms with Gasteiger partial charge in [0.25, 0.3) is 0 Å². The van der Waals surface area contributed by atoms with Crippen LogP contribution in [0.2, 0.25) is 0 Å². The van der Waals surface area contributed by atoms with E-state index in [1.807, 2.05) is 6.92 Å². The van der Waals surface area contributed by atoms with E-state index in [1.54, 1.807) is 0 Å². The molecule has 3 aliphatic heterocycles. The number of hydrogen-bond donors (Lipinski definition) is 0. The molecular formula is C22H19F7O4. The van der Waals surface area contributed by atoms with Crippen molar-refractivity contribution in [3.8, 4) is 5.75 Å². The van der Waals surface area contributed by atoms with Gasteiger partial charge in [0.15, 0.2) is 17.5 Å². The molecule has 5 rings (SSSR count). The molecule has 3 fully saturated rings. The predicted molar refractivity (Wildman–Crippen MR) is 98.7 cm³/mol. The number of rotatable bonds is 7. The van der Waals surface area contributed by atoms with Crippen LogP contribution in [0, 0.1) is 34.5 Å². The molecule has 180 valence electrons. The van der Waals surface area contributed by atoms with Crippen LogP contribution in [0.15, 0.2) is 24.3 Å². The van der Waals surface area contributed by atoms with E-state index in [0.29, 0.717) is 12.1 Å². The van der Waals surface area contributed by atoms with Gasteiger partial charge in [0, 0.05) is 23.1 Å². The Balaban J connectivity index is 1.59. The molecule has 0 aromatic heterocycles. The minimum atomic E-state index is -4.70. The van der Waals surface area contributed by atoms with Crippen LogP contribution in [-0.2, 0) is 26.3 Å². The standard InChI is InChI=1S/C22H19F7O4/c1-2-3-4-20-9-30-22(31-10-20,32-11-20)12-5-14(23)18(15(24)6-12)21(28,29)33-13-7-16(25)19(27)17(26)8-13/h5-8H,2-4,9-11H2,1H3.